The summed E-state index contributed by atoms with van der Waals surface area (Å²) in [6.45, 7) is 1.04. The number of aliphatic carboxylic acids is 1. The number of allylic oxidation sites excluding steroid dienone is 4. The Morgan fingerprint density at radius 2 is 1.97 bits per heavy atom. The van der Waals surface area contributed by atoms with Crippen LogP contribution >= 0.6 is 0 Å². The zero-order valence-corrected chi connectivity index (χ0v) is 20.7. The van der Waals surface area contributed by atoms with Gasteiger partial charge in [0.1, 0.15) is 5.78 Å². The second-order valence-electron chi connectivity index (χ2n) is 9.43. The van der Waals surface area contributed by atoms with Crippen molar-refractivity contribution in [2.24, 2.45) is 11.3 Å². The van der Waals surface area contributed by atoms with Crippen LogP contribution in [0.3, 0.4) is 0 Å². The highest BCUT2D eigenvalue weighted by Crippen LogP contribution is 2.40. The van der Waals surface area contributed by atoms with Crippen molar-refractivity contribution < 1.29 is 33.7 Å². The minimum Gasteiger partial charge on any atom is -0.481 e. The van der Waals surface area contributed by atoms with Crippen molar-refractivity contribution in [2.45, 2.75) is 96.2 Å². The molecule has 0 aromatic heterocycles. The molecule has 1 saturated carbocycles. The molecule has 7 nitrogen and oxygen atoms in total. The average Bonchev–Trinajstić information content (AvgIpc) is 3.20. The summed E-state index contributed by atoms with van der Waals surface area (Å²) >= 11 is 0. The Balaban J connectivity index is 1.73. The molecule has 0 bridgehead atoms. The number of ether oxygens (including phenoxy) is 3. The number of methoxy groups -OCH3 is 1. The molecule has 1 N–H and O–H groups in total. The summed E-state index contributed by atoms with van der Waals surface area (Å²) in [7, 11) is 1.41. The first-order chi connectivity index (χ1) is 16.5. The summed E-state index contributed by atoms with van der Waals surface area (Å²) in [6.07, 6.45) is 19.0. The number of unbranched alkanes of at least 4 members (excludes halogenated alkanes) is 3. The number of ketones is 1. The van der Waals surface area contributed by atoms with E-state index in [-0.39, 0.29) is 24.6 Å². The van der Waals surface area contributed by atoms with Crippen LogP contribution in [0.15, 0.2) is 24.3 Å². The van der Waals surface area contributed by atoms with Gasteiger partial charge in [0.25, 0.3) is 0 Å². The Morgan fingerprint density at radius 3 is 2.65 bits per heavy atom. The van der Waals surface area contributed by atoms with Crippen molar-refractivity contribution in [1.82, 2.24) is 0 Å². The smallest absolute Gasteiger partial charge is 0.311 e. The number of carbonyl (C=O) groups is 3. The van der Waals surface area contributed by atoms with Crippen LogP contribution in [0.4, 0.5) is 0 Å². The summed E-state index contributed by atoms with van der Waals surface area (Å²) in [5.41, 5.74) is -0.411. The van der Waals surface area contributed by atoms with Gasteiger partial charge < -0.3 is 19.3 Å². The van der Waals surface area contributed by atoms with Gasteiger partial charge in [-0.15, -0.1) is 0 Å². The third-order valence-corrected chi connectivity index (χ3v) is 6.76. The number of rotatable bonds is 16. The number of carbonyl (C=O) groups excluding carboxylic acids is 2. The van der Waals surface area contributed by atoms with Gasteiger partial charge in [0, 0.05) is 19.4 Å². The Morgan fingerprint density at radius 1 is 1.15 bits per heavy atom. The molecular weight excluding hydrogens is 436 g/mol. The molecular formula is C27H42O7. The van der Waals surface area contributed by atoms with Gasteiger partial charge in [0.05, 0.1) is 25.0 Å². The lowest BCUT2D eigenvalue weighted by molar-refractivity contribution is -0.177. The SMILES string of the molecule is COC(=O)C(CCCCC=C[C@]1(CC=CCCCC(=O)O)CCCC1=O)CO[C@H]1CCCCO1. The van der Waals surface area contributed by atoms with Crippen molar-refractivity contribution in [1.29, 1.82) is 0 Å². The molecule has 1 aliphatic carbocycles. The number of carboxylic acid groups (broad SMARTS) is 1. The Hall–Kier alpha value is -1.99. The van der Waals surface area contributed by atoms with Crippen LogP contribution in [0, 0.1) is 11.3 Å². The molecule has 2 rings (SSSR count). The number of hydrogen-bond acceptors (Lipinski definition) is 6. The number of Topliss-reactive ketones (excluding diaryl/α,β-unsaturated/α-hetero) is 1. The van der Waals surface area contributed by atoms with Crippen molar-refractivity contribution in [3.8, 4) is 0 Å². The summed E-state index contributed by atoms with van der Waals surface area (Å²) in [6, 6.07) is 0. The van der Waals surface area contributed by atoms with Gasteiger partial charge in [0.2, 0.25) is 0 Å². The first kappa shape index (κ1) is 28.2. The van der Waals surface area contributed by atoms with Crippen LogP contribution in [-0.4, -0.2) is 49.4 Å². The highest BCUT2D eigenvalue weighted by atomic mass is 16.7. The maximum Gasteiger partial charge on any atom is 0.311 e. The summed E-state index contributed by atoms with van der Waals surface area (Å²) in [4.78, 5) is 35.3. The van der Waals surface area contributed by atoms with E-state index < -0.39 is 11.4 Å². The molecule has 2 fully saturated rings. The topological polar surface area (TPSA) is 99.1 Å². The average molecular weight is 479 g/mol. The highest BCUT2D eigenvalue weighted by Gasteiger charge is 2.38. The van der Waals surface area contributed by atoms with Crippen LogP contribution in [-0.2, 0) is 28.6 Å². The van der Waals surface area contributed by atoms with E-state index in [2.05, 4.69) is 12.2 Å². The molecule has 1 heterocycles. The van der Waals surface area contributed by atoms with Crippen LogP contribution in [0.25, 0.3) is 0 Å². The van der Waals surface area contributed by atoms with Crippen molar-refractivity contribution >= 4 is 17.7 Å². The lowest BCUT2D eigenvalue weighted by atomic mass is 9.81. The van der Waals surface area contributed by atoms with Crippen molar-refractivity contribution in [2.75, 3.05) is 20.3 Å². The second kappa shape index (κ2) is 15.8. The summed E-state index contributed by atoms with van der Waals surface area (Å²) in [5.74, 6) is -1.00. The van der Waals surface area contributed by atoms with Gasteiger partial charge in [-0.25, -0.2) is 0 Å². The van der Waals surface area contributed by atoms with Crippen molar-refractivity contribution in [3.63, 3.8) is 0 Å². The van der Waals surface area contributed by atoms with Crippen LogP contribution < -0.4 is 0 Å². The number of hydrogen-bond donors (Lipinski definition) is 1. The molecule has 0 amide bonds. The first-order valence-corrected chi connectivity index (χ1v) is 12.9. The largest absolute Gasteiger partial charge is 0.481 e. The quantitative estimate of drug-likeness (QED) is 0.181. The van der Waals surface area contributed by atoms with E-state index in [1.54, 1.807) is 0 Å². The molecule has 2 aliphatic rings. The minimum absolute atomic E-state index is 0.172. The third kappa shape index (κ3) is 10.1. The molecule has 192 valence electrons. The molecule has 7 heteroatoms. The number of esters is 1. The predicted molar refractivity (Wildman–Crippen MR) is 129 cm³/mol. The Bertz CT molecular complexity index is 693. The number of carboxylic acids is 1. The molecule has 0 aromatic rings. The Kier molecular flexibility index (Phi) is 13.1. The molecule has 1 aliphatic heterocycles. The third-order valence-electron chi connectivity index (χ3n) is 6.76. The zero-order valence-electron chi connectivity index (χ0n) is 20.7. The van der Waals surface area contributed by atoms with Crippen molar-refractivity contribution in [3.05, 3.63) is 24.3 Å². The van der Waals surface area contributed by atoms with Gasteiger partial charge in [-0.2, -0.15) is 0 Å². The second-order valence-corrected chi connectivity index (χ2v) is 9.43. The fourth-order valence-electron chi connectivity index (χ4n) is 4.66. The molecule has 0 radical (unpaired) electrons. The summed E-state index contributed by atoms with van der Waals surface area (Å²) < 4.78 is 16.3. The predicted octanol–water partition coefficient (Wildman–Crippen LogP) is 5.38. The fourth-order valence-corrected chi connectivity index (χ4v) is 4.66. The minimum atomic E-state index is -0.776. The Labute approximate surface area is 203 Å². The van der Waals surface area contributed by atoms with E-state index in [9.17, 15) is 14.4 Å². The zero-order chi connectivity index (χ0) is 24.7. The lowest BCUT2D eigenvalue weighted by Gasteiger charge is -2.24. The van der Waals surface area contributed by atoms with E-state index in [1.165, 1.54) is 7.11 Å². The monoisotopic (exact) mass is 478 g/mol. The molecule has 3 atom stereocenters. The molecule has 1 saturated heterocycles. The molecule has 34 heavy (non-hydrogen) atoms. The van der Waals surface area contributed by atoms with Gasteiger partial charge in [-0.3, -0.25) is 14.4 Å². The van der Waals surface area contributed by atoms with Gasteiger partial charge in [0.15, 0.2) is 6.29 Å². The van der Waals surface area contributed by atoms with E-state index in [0.717, 1.165) is 57.8 Å². The van der Waals surface area contributed by atoms with E-state index in [1.807, 2.05) is 12.2 Å². The molecule has 0 spiro atoms. The molecule has 0 aromatic carbocycles. The standard InChI is InChI=1S/C27H42O7/c1-32-26(31)22(21-34-25-16-8-11-20-33-25)13-6-2-4-9-17-27(19-12-14-23(27)28)18-10-5-3-7-15-24(29)30/h5,9-10,17,22,25H,2-4,6-8,11-16,18-21H2,1H3,(H,29,30)/t22?,25-,27-/m0/s1. The van der Waals surface area contributed by atoms with Gasteiger partial charge >= 0.3 is 11.9 Å². The maximum atomic E-state index is 12.6. The van der Waals surface area contributed by atoms with Crippen LogP contribution in [0.5, 0.6) is 0 Å². The fraction of sp³-hybridized carbons (Fsp3) is 0.741. The first-order valence-electron chi connectivity index (χ1n) is 12.9. The van der Waals surface area contributed by atoms with Gasteiger partial charge in [-0.05, 0) is 70.6 Å². The van der Waals surface area contributed by atoms with Gasteiger partial charge in [-0.1, -0.05) is 30.7 Å². The van der Waals surface area contributed by atoms with E-state index in [4.69, 9.17) is 19.3 Å². The highest BCUT2D eigenvalue weighted by molar-refractivity contribution is 5.88. The maximum absolute atomic E-state index is 12.6. The molecule has 1 unspecified atom stereocenters. The van der Waals surface area contributed by atoms with E-state index >= 15 is 0 Å². The lowest BCUT2D eigenvalue weighted by Crippen LogP contribution is -2.28. The van der Waals surface area contributed by atoms with Crippen LogP contribution in [0.1, 0.15) is 89.9 Å². The normalized spacial score (nSPS) is 24.1. The summed E-state index contributed by atoms with van der Waals surface area (Å²) in [5, 5.41) is 8.72. The van der Waals surface area contributed by atoms with E-state index in [0.29, 0.717) is 44.7 Å². The van der Waals surface area contributed by atoms with Crippen LogP contribution in [0.2, 0.25) is 0 Å².